The topological polar surface area (TPSA) is 37.4 Å². The number of aromatic nitrogens is 1. The number of rotatable bonds is 5. The monoisotopic (exact) mass is 353 g/mol. The summed E-state index contributed by atoms with van der Waals surface area (Å²) in [6, 6.07) is 5.49. The van der Waals surface area contributed by atoms with Gasteiger partial charge in [-0.2, -0.15) is 13.2 Å². The van der Waals surface area contributed by atoms with Crippen LogP contribution < -0.4 is 5.32 Å². The molecule has 136 valence electrons. The number of fused-ring (bicyclic) bond motifs is 1. The molecule has 25 heavy (non-hydrogen) atoms. The maximum atomic E-state index is 12.8. The molecule has 1 aromatic carbocycles. The standard InChI is InChI=1S/C18H22F3N3O/c1-13(12-24-6-8-25-9-7-24)11-23-16-4-5-22-17-10-14(18(19,20)21)2-3-15(16)17/h2-5,10,13H,6-9,11-12H2,1H3,(H,22,23). The highest BCUT2D eigenvalue weighted by atomic mass is 19.4. The lowest BCUT2D eigenvalue weighted by atomic mass is 10.1. The first-order chi connectivity index (χ1) is 11.9. The Morgan fingerprint density at radius 1 is 1.24 bits per heavy atom. The Bertz CT molecular complexity index is 714. The zero-order valence-electron chi connectivity index (χ0n) is 14.1. The third kappa shape index (κ3) is 4.61. The maximum Gasteiger partial charge on any atom is 0.416 e. The zero-order chi connectivity index (χ0) is 17.9. The van der Waals surface area contributed by atoms with Crippen LogP contribution in [0.5, 0.6) is 0 Å². The summed E-state index contributed by atoms with van der Waals surface area (Å²) in [5.74, 6) is 0.413. The van der Waals surface area contributed by atoms with Crippen LogP contribution in [0.25, 0.3) is 10.9 Å². The molecule has 0 amide bonds. The fraction of sp³-hybridized carbons (Fsp3) is 0.500. The van der Waals surface area contributed by atoms with E-state index in [0.717, 1.165) is 57.2 Å². The van der Waals surface area contributed by atoms with E-state index in [1.54, 1.807) is 6.07 Å². The molecule has 0 aliphatic carbocycles. The Morgan fingerprint density at radius 3 is 2.72 bits per heavy atom. The molecule has 1 atom stereocenters. The molecular weight excluding hydrogens is 331 g/mol. The number of nitrogens with zero attached hydrogens (tertiary/aromatic N) is 2. The van der Waals surface area contributed by atoms with Gasteiger partial charge in [-0.3, -0.25) is 9.88 Å². The van der Waals surface area contributed by atoms with Gasteiger partial charge in [0.15, 0.2) is 0 Å². The smallest absolute Gasteiger partial charge is 0.384 e. The largest absolute Gasteiger partial charge is 0.416 e. The number of alkyl halides is 3. The quantitative estimate of drug-likeness (QED) is 0.891. The molecule has 4 nitrogen and oxygen atoms in total. The van der Waals surface area contributed by atoms with Crippen molar-refractivity contribution in [3.05, 3.63) is 36.0 Å². The van der Waals surface area contributed by atoms with E-state index >= 15 is 0 Å². The summed E-state index contributed by atoms with van der Waals surface area (Å²) in [6.45, 7) is 7.32. The van der Waals surface area contributed by atoms with E-state index in [1.807, 2.05) is 0 Å². The van der Waals surface area contributed by atoms with Gasteiger partial charge in [0.25, 0.3) is 0 Å². The number of pyridine rings is 1. The Hall–Kier alpha value is -1.86. The van der Waals surface area contributed by atoms with Gasteiger partial charge in [-0.05, 0) is 24.1 Å². The van der Waals surface area contributed by atoms with E-state index in [9.17, 15) is 13.2 Å². The van der Waals surface area contributed by atoms with Crippen LogP contribution in [0.2, 0.25) is 0 Å². The highest BCUT2D eigenvalue weighted by Crippen LogP contribution is 2.32. The van der Waals surface area contributed by atoms with Crippen molar-refractivity contribution in [1.29, 1.82) is 0 Å². The van der Waals surface area contributed by atoms with E-state index in [-0.39, 0.29) is 0 Å². The Morgan fingerprint density at radius 2 is 2.00 bits per heavy atom. The number of benzene rings is 1. The minimum atomic E-state index is -4.36. The molecule has 1 unspecified atom stereocenters. The fourth-order valence-electron chi connectivity index (χ4n) is 3.05. The number of hydrogen-bond acceptors (Lipinski definition) is 4. The molecule has 1 N–H and O–H groups in total. The van der Waals surface area contributed by atoms with Gasteiger partial charge in [-0.25, -0.2) is 0 Å². The summed E-state index contributed by atoms with van der Waals surface area (Å²) in [4.78, 5) is 6.45. The van der Waals surface area contributed by atoms with Gasteiger partial charge in [0.1, 0.15) is 0 Å². The minimum Gasteiger partial charge on any atom is -0.384 e. The van der Waals surface area contributed by atoms with Gasteiger partial charge in [0.05, 0.1) is 24.3 Å². The molecule has 7 heteroatoms. The molecule has 1 aliphatic rings. The number of nitrogens with one attached hydrogen (secondary N) is 1. The second-order valence-corrected chi connectivity index (χ2v) is 6.49. The predicted octanol–water partition coefficient (Wildman–Crippen LogP) is 3.63. The van der Waals surface area contributed by atoms with Crippen LogP contribution in [0.4, 0.5) is 18.9 Å². The molecule has 2 heterocycles. The van der Waals surface area contributed by atoms with E-state index in [0.29, 0.717) is 16.8 Å². The van der Waals surface area contributed by atoms with Crippen LogP contribution in [0.15, 0.2) is 30.5 Å². The highest BCUT2D eigenvalue weighted by Gasteiger charge is 2.30. The van der Waals surface area contributed by atoms with Gasteiger partial charge < -0.3 is 10.1 Å². The van der Waals surface area contributed by atoms with Crippen molar-refractivity contribution in [2.75, 3.05) is 44.7 Å². The average Bonchev–Trinajstić information content (AvgIpc) is 2.59. The average molecular weight is 353 g/mol. The molecule has 1 aromatic heterocycles. The number of hydrogen-bond donors (Lipinski definition) is 1. The summed E-state index contributed by atoms with van der Waals surface area (Å²) >= 11 is 0. The number of anilines is 1. The Balaban J connectivity index is 1.66. The molecule has 0 spiro atoms. The summed E-state index contributed by atoms with van der Waals surface area (Å²) in [6.07, 6.45) is -2.82. The lowest BCUT2D eigenvalue weighted by molar-refractivity contribution is -0.137. The van der Waals surface area contributed by atoms with Crippen LogP contribution >= 0.6 is 0 Å². The molecule has 0 bridgehead atoms. The van der Waals surface area contributed by atoms with Gasteiger partial charge >= 0.3 is 6.18 Å². The second kappa shape index (κ2) is 7.58. The molecule has 0 radical (unpaired) electrons. The first-order valence-electron chi connectivity index (χ1n) is 8.43. The molecular formula is C18H22F3N3O. The van der Waals surface area contributed by atoms with Gasteiger partial charge in [0.2, 0.25) is 0 Å². The van der Waals surface area contributed by atoms with Crippen LogP contribution in [-0.4, -0.2) is 49.3 Å². The zero-order valence-corrected chi connectivity index (χ0v) is 14.1. The SMILES string of the molecule is CC(CNc1ccnc2cc(C(F)(F)F)ccc12)CN1CCOCC1. The van der Waals surface area contributed by atoms with Crippen LogP contribution in [0.3, 0.4) is 0 Å². The van der Waals surface area contributed by atoms with Crippen LogP contribution in [0.1, 0.15) is 12.5 Å². The van der Waals surface area contributed by atoms with E-state index in [4.69, 9.17) is 4.74 Å². The fourth-order valence-corrected chi connectivity index (χ4v) is 3.05. The van der Waals surface area contributed by atoms with E-state index < -0.39 is 11.7 Å². The number of halogens is 3. The molecule has 1 aliphatic heterocycles. The van der Waals surface area contributed by atoms with E-state index in [1.165, 1.54) is 12.3 Å². The number of morpholine rings is 1. The van der Waals surface area contributed by atoms with Crippen LogP contribution in [0, 0.1) is 5.92 Å². The van der Waals surface area contributed by atoms with Gasteiger partial charge in [-0.15, -0.1) is 0 Å². The molecule has 1 fully saturated rings. The summed E-state index contributed by atoms with van der Waals surface area (Å²) in [7, 11) is 0. The third-order valence-corrected chi connectivity index (χ3v) is 4.38. The van der Waals surface area contributed by atoms with Crippen molar-refractivity contribution in [3.63, 3.8) is 0 Å². The van der Waals surface area contributed by atoms with Crippen molar-refractivity contribution >= 4 is 16.6 Å². The molecule has 1 saturated heterocycles. The van der Waals surface area contributed by atoms with Gasteiger partial charge in [-0.1, -0.05) is 13.0 Å². The van der Waals surface area contributed by atoms with Crippen molar-refractivity contribution < 1.29 is 17.9 Å². The summed E-state index contributed by atoms with van der Waals surface area (Å²) in [5.41, 5.74) is 0.485. The lowest BCUT2D eigenvalue weighted by Crippen LogP contribution is -2.40. The minimum absolute atomic E-state index is 0.348. The second-order valence-electron chi connectivity index (χ2n) is 6.49. The van der Waals surface area contributed by atoms with Crippen molar-refractivity contribution in [1.82, 2.24) is 9.88 Å². The van der Waals surface area contributed by atoms with Crippen LogP contribution in [-0.2, 0) is 10.9 Å². The highest BCUT2D eigenvalue weighted by molar-refractivity contribution is 5.91. The molecule has 0 saturated carbocycles. The summed E-state index contributed by atoms with van der Waals surface area (Å²) in [5, 5.41) is 4.06. The Kier molecular flexibility index (Phi) is 5.44. The van der Waals surface area contributed by atoms with Gasteiger partial charge in [0, 0.05) is 43.4 Å². The number of ether oxygens (including phenoxy) is 1. The normalized spacial score (nSPS) is 17.6. The predicted molar refractivity (Wildman–Crippen MR) is 91.7 cm³/mol. The first kappa shape index (κ1) is 17.9. The maximum absolute atomic E-state index is 12.8. The van der Waals surface area contributed by atoms with E-state index in [2.05, 4.69) is 22.1 Å². The molecule has 2 aromatic rings. The summed E-state index contributed by atoms with van der Waals surface area (Å²) < 4.78 is 43.9. The molecule has 3 rings (SSSR count). The first-order valence-corrected chi connectivity index (χ1v) is 8.43. The van der Waals surface area contributed by atoms with Crippen molar-refractivity contribution in [2.45, 2.75) is 13.1 Å². The lowest BCUT2D eigenvalue weighted by Gasteiger charge is -2.29. The van der Waals surface area contributed by atoms with Crippen molar-refractivity contribution in [2.24, 2.45) is 5.92 Å². The Labute approximate surface area is 145 Å². The van der Waals surface area contributed by atoms with Crippen molar-refractivity contribution in [3.8, 4) is 0 Å². The third-order valence-electron chi connectivity index (χ3n) is 4.38.